The van der Waals surface area contributed by atoms with Gasteiger partial charge in [0.25, 0.3) is 0 Å². The standard InChI is InChI=1S/C4H8N2O/c7-3-5-1-4-2-6-4/h3-4,6H,1-2H2,(H,5,7). The highest BCUT2D eigenvalue weighted by molar-refractivity contribution is 5.46. The molecule has 7 heavy (non-hydrogen) atoms. The van der Waals surface area contributed by atoms with E-state index in [9.17, 15) is 4.79 Å². The van der Waals surface area contributed by atoms with Gasteiger partial charge < -0.3 is 10.6 Å². The van der Waals surface area contributed by atoms with Crippen LogP contribution in [0.5, 0.6) is 0 Å². The fraction of sp³-hybridized carbons (Fsp3) is 0.750. The zero-order chi connectivity index (χ0) is 5.11. The summed E-state index contributed by atoms with van der Waals surface area (Å²) in [4.78, 5) is 9.60. The minimum absolute atomic E-state index is 0.560. The van der Waals surface area contributed by atoms with Crippen LogP contribution in [0.2, 0.25) is 0 Å². The summed E-state index contributed by atoms with van der Waals surface area (Å²) >= 11 is 0. The average Bonchev–Trinajstić information content (AvgIpc) is 2.42. The van der Waals surface area contributed by atoms with E-state index in [2.05, 4.69) is 10.6 Å². The van der Waals surface area contributed by atoms with Gasteiger partial charge in [-0.3, -0.25) is 4.79 Å². The number of amides is 1. The van der Waals surface area contributed by atoms with Crippen molar-refractivity contribution in [1.29, 1.82) is 0 Å². The van der Waals surface area contributed by atoms with E-state index in [1.165, 1.54) is 0 Å². The largest absolute Gasteiger partial charge is 0.357 e. The second-order valence-corrected chi connectivity index (χ2v) is 1.63. The third kappa shape index (κ3) is 1.55. The molecule has 3 nitrogen and oxygen atoms in total. The highest BCUT2D eigenvalue weighted by Gasteiger charge is 2.17. The molecule has 1 atom stereocenters. The quantitative estimate of drug-likeness (QED) is 0.342. The second-order valence-electron chi connectivity index (χ2n) is 1.63. The number of carbonyl (C=O) groups is 1. The van der Waals surface area contributed by atoms with Crippen LogP contribution in [0.1, 0.15) is 0 Å². The predicted molar refractivity (Wildman–Crippen MR) is 25.9 cm³/mol. The Morgan fingerprint density at radius 2 is 2.71 bits per heavy atom. The lowest BCUT2D eigenvalue weighted by molar-refractivity contribution is -0.109. The van der Waals surface area contributed by atoms with E-state index < -0.39 is 0 Å². The van der Waals surface area contributed by atoms with Crippen LogP contribution in [-0.4, -0.2) is 25.5 Å². The Hall–Kier alpha value is -0.570. The van der Waals surface area contributed by atoms with Gasteiger partial charge in [-0.25, -0.2) is 0 Å². The first kappa shape index (κ1) is 4.59. The third-order valence-electron chi connectivity index (χ3n) is 0.940. The molecule has 0 bridgehead atoms. The van der Waals surface area contributed by atoms with Crippen LogP contribution in [0.25, 0.3) is 0 Å². The molecule has 40 valence electrons. The molecular formula is C4H8N2O. The fourth-order valence-corrected chi connectivity index (χ4v) is 0.418. The Balaban J connectivity index is 1.88. The predicted octanol–water partition coefficient (Wildman–Crippen LogP) is -1.30. The molecule has 0 aromatic heterocycles. The Morgan fingerprint density at radius 1 is 2.00 bits per heavy atom. The van der Waals surface area contributed by atoms with Gasteiger partial charge in [0, 0.05) is 19.1 Å². The van der Waals surface area contributed by atoms with Crippen molar-refractivity contribution in [2.24, 2.45) is 0 Å². The molecule has 2 N–H and O–H groups in total. The Morgan fingerprint density at radius 3 is 3.14 bits per heavy atom. The van der Waals surface area contributed by atoms with E-state index in [-0.39, 0.29) is 0 Å². The van der Waals surface area contributed by atoms with Gasteiger partial charge in [-0.05, 0) is 0 Å². The van der Waals surface area contributed by atoms with Crippen LogP contribution in [0.4, 0.5) is 0 Å². The first-order valence-corrected chi connectivity index (χ1v) is 2.34. The number of nitrogens with one attached hydrogen (secondary N) is 2. The highest BCUT2D eigenvalue weighted by atomic mass is 16.1. The van der Waals surface area contributed by atoms with Crippen molar-refractivity contribution < 1.29 is 4.79 Å². The summed E-state index contributed by atoms with van der Waals surface area (Å²) < 4.78 is 0. The summed E-state index contributed by atoms with van der Waals surface area (Å²) in [5, 5.41) is 5.61. The average molecular weight is 100 g/mol. The van der Waals surface area contributed by atoms with Gasteiger partial charge >= 0.3 is 0 Å². The smallest absolute Gasteiger partial charge is 0.207 e. The molecule has 0 saturated carbocycles. The molecule has 1 aliphatic rings. The monoisotopic (exact) mass is 100 g/mol. The Bertz CT molecular complexity index is 70.1. The summed E-state index contributed by atoms with van der Waals surface area (Å²) in [7, 11) is 0. The highest BCUT2D eigenvalue weighted by Crippen LogP contribution is 1.90. The van der Waals surface area contributed by atoms with E-state index in [4.69, 9.17) is 0 Å². The van der Waals surface area contributed by atoms with Crippen LogP contribution in [0.15, 0.2) is 0 Å². The van der Waals surface area contributed by atoms with E-state index in [0.29, 0.717) is 6.04 Å². The minimum atomic E-state index is 0.560. The summed E-state index contributed by atoms with van der Waals surface area (Å²) in [6.45, 7) is 1.84. The van der Waals surface area contributed by atoms with Crippen molar-refractivity contribution >= 4 is 6.41 Å². The van der Waals surface area contributed by atoms with Gasteiger partial charge in [-0.15, -0.1) is 0 Å². The molecule has 1 unspecified atom stereocenters. The van der Waals surface area contributed by atoms with Crippen molar-refractivity contribution in [2.45, 2.75) is 6.04 Å². The second kappa shape index (κ2) is 1.93. The minimum Gasteiger partial charge on any atom is -0.357 e. The van der Waals surface area contributed by atoms with E-state index in [1.807, 2.05) is 0 Å². The van der Waals surface area contributed by atoms with E-state index >= 15 is 0 Å². The molecule has 1 fully saturated rings. The first-order valence-electron chi connectivity index (χ1n) is 2.34. The van der Waals surface area contributed by atoms with E-state index in [1.54, 1.807) is 0 Å². The Kier molecular flexibility index (Phi) is 1.26. The van der Waals surface area contributed by atoms with Crippen LogP contribution in [0, 0.1) is 0 Å². The van der Waals surface area contributed by atoms with Crippen LogP contribution >= 0.6 is 0 Å². The summed E-state index contributed by atoms with van der Waals surface area (Å²) in [5.41, 5.74) is 0. The molecule has 3 heteroatoms. The zero-order valence-electron chi connectivity index (χ0n) is 3.98. The van der Waals surface area contributed by atoms with Crippen LogP contribution in [-0.2, 0) is 4.79 Å². The normalized spacial score (nSPS) is 26.6. The van der Waals surface area contributed by atoms with Gasteiger partial charge in [-0.2, -0.15) is 0 Å². The van der Waals surface area contributed by atoms with Crippen LogP contribution < -0.4 is 10.6 Å². The number of hydrogen-bond acceptors (Lipinski definition) is 2. The SMILES string of the molecule is O=CNCC1CN1. The maximum absolute atomic E-state index is 9.60. The molecule has 0 aromatic carbocycles. The summed E-state index contributed by atoms with van der Waals surface area (Å²) in [6.07, 6.45) is 0.722. The molecule has 0 spiro atoms. The molecule has 1 rings (SSSR count). The molecule has 0 aliphatic carbocycles. The molecule has 0 radical (unpaired) electrons. The topological polar surface area (TPSA) is 51.0 Å². The lowest BCUT2D eigenvalue weighted by atomic mass is 10.5. The number of rotatable bonds is 3. The van der Waals surface area contributed by atoms with Gasteiger partial charge in [0.2, 0.25) is 6.41 Å². The fourth-order valence-electron chi connectivity index (χ4n) is 0.418. The van der Waals surface area contributed by atoms with Crippen molar-refractivity contribution in [1.82, 2.24) is 10.6 Å². The maximum atomic E-state index is 9.60. The van der Waals surface area contributed by atoms with Crippen LogP contribution in [0.3, 0.4) is 0 Å². The van der Waals surface area contributed by atoms with Crippen molar-refractivity contribution in [3.8, 4) is 0 Å². The van der Waals surface area contributed by atoms with Gasteiger partial charge in [0.05, 0.1) is 0 Å². The van der Waals surface area contributed by atoms with Gasteiger partial charge in [0.1, 0.15) is 0 Å². The van der Waals surface area contributed by atoms with E-state index in [0.717, 1.165) is 19.5 Å². The van der Waals surface area contributed by atoms with Gasteiger partial charge in [0.15, 0.2) is 0 Å². The van der Waals surface area contributed by atoms with Crippen molar-refractivity contribution in [2.75, 3.05) is 13.1 Å². The first-order chi connectivity index (χ1) is 3.43. The number of carbonyl (C=O) groups excluding carboxylic acids is 1. The maximum Gasteiger partial charge on any atom is 0.207 e. The van der Waals surface area contributed by atoms with Crippen molar-refractivity contribution in [3.05, 3.63) is 0 Å². The third-order valence-corrected chi connectivity index (χ3v) is 0.940. The zero-order valence-corrected chi connectivity index (χ0v) is 3.98. The van der Waals surface area contributed by atoms with Gasteiger partial charge in [-0.1, -0.05) is 0 Å². The summed E-state index contributed by atoms with van der Waals surface area (Å²) in [5.74, 6) is 0. The molecule has 0 aromatic rings. The Labute approximate surface area is 42.1 Å². The number of hydrogen-bond donors (Lipinski definition) is 2. The molecule has 1 saturated heterocycles. The lowest BCUT2D eigenvalue weighted by Crippen LogP contribution is -2.18. The van der Waals surface area contributed by atoms with Crippen molar-refractivity contribution in [3.63, 3.8) is 0 Å². The lowest BCUT2D eigenvalue weighted by Gasteiger charge is -1.87. The summed E-state index contributed by atoms with van der Waals surface area (Å²) in [6, 6.07) is 0.560. The molecule has 1 aliphatic heterocycles. The molecule has 1 amide bonds. The molecule has 1 heterocycles. The molecular weight excluding hydrogens is 92.1 g/mol.